The van der Waals surface area contributed by atoms with Crippen molar-refractivity contribution in [3.05, 3.63) is 66.5 Å². The number of ether oxygens (including phenoxy) is 2. The van der Waals surface area contributed by atoms with E-state index in [0.29, 0.717) is 18.0 Å². The molecule has 3 rings (SSSR count). The van der Waals surface area contributed by atoms with Crippen molar-refractivity contribution in [1.29, 1.82) is 0 Å². The highest BCUT2D eigenvalue weighted by molar-refractivity contribution is 5.89. The van der Waals surface area contributed by atoms with Crippen molar-refractivity contribution in [2.24, 2.45) is 0 Å². The highest BCUT2D eigenvalue weighted by atomic mass is 16.5. The van der Waals surface area contributed by atoms with Gasteiger partial charge in [0, 0.05) is 18.0 Å². The van der Waals surface area contributed by atoms with Crippen molar-refractivity contribution in [2.45, 2.75) is 31.2 Å². The number of amides is 3. The van der Waals surface area contributed by atoms with Gasteiger partial charge in [0.1, 0.15) is 11.9 Å². The van der Waals surface area contributed by atoms with Crippen molar-refractivity contribution in [3.63, 3.8) is 0 Å². The third-order valence-corrected chi connectivity index (χ3v) is 4.67. The molecule has 0 spiro atoms. The van der Waals surface area contributed by atoms with E-state index in [1.54, 1.807) is 49.7 Å². The van der Waals surface area contributed by atoms with Crippen LogP contribution in [0.2, 0.25) is 0 Å². The number of hydrogen-bond donors (Lipinski definition) is 4. The Morgan fingerprint density at radius 3 is 2.81 bits per heavy atom. The Kier molecular flexibility index (Phi) is 7.97. The summed E-state index contributed by atoms with van der Waals surface area (Å²) in [6, 6.07) is 11.5. The first-order valence-corrected chi connectivity index (χ1v) is 9.90. The average molecular weight is 426 g/mol. The van der Waals surface area contributed by atoms with Gasteiger partial charge in [-0.2, -0.15) is 0 Å². The molecular formula is C22H26N4O5. The second-order valence-corrected chi connectivity index (χ2v) is 6.94. The first-order valence-electron chi connectivity index (χ1n) is 9.90. The Morgan fingerprint density at radius 2 is 2.06 bits per heavy atom. The van der Waals surface area contributed by atoms with Crippen LogP contribution in [0, 0.1) is 0 Å². The Labute approximate surface area is 180 Å². The molecule has 0 unspecified atom stereocenters. The molecule has 31 heavy (non-hydrogen) atoms. The van der Waals surface area contributed by atoms with Crippen molar-refractivity contribution in [3.8, 4) is 5.75 Å². The number of benzene rings is 1. The number of nitrogens with zero attached hydrogens (tertiary/aromatic N) is 1. The number of rotatable bonds is 8. The van der Waals surface area contributed by atoms with Gasteiger partial charge in [-0.05, 0) is 24.3 Å². The van der Waals surface area contributed by atoms with Gasteiger partial charge in [0.15, 0.2) is 0 Å². The third kappa shape index (κ3) is 6.80. The SMILES string of the molecule is COc1cccc(NC(=O)N[C@H]2C=C[C@H](CC(=O)NCc3ccccn3)O[C@H]2CO)c1. The van der Waals surface area contributed by atoms with Crippen molar-refractivity contribution in [2.75, 3.05) is 19.0 Å². The fourth-order valence-electron chi connectivity index (χ4n) is 3.10. The number of carbonyl (C=O) groups excluding carboxylic acids is 2. The van der Waals surface area contributed by atoms with Crippen LogP contribution in [0.25, 0.3) is 0 Å². The number of methoxy groups -OCH3 is 1. The minimum Gasteiger partial charge on any atom is -0.497 e. The van der Waals surface area contributed by atoms with Crippen LogP contribution in [0.5, 0.6) is 5.75 Å². The van der Waals surface area contributed by atoms with E-state index >= 15 is 0 Å². The second-order valence-electron chi connectivity index (χ2n) is 6.94. The fourth-order valence-corrected chi connectivity index (χ4v) is 3.10. The highest BCUT2D eigenvalue weighted by Crippen LogP contribution is 2.18. The van der Waals surface area contributed by atoms with Gasteiger partial charge < -0.3 is 30.5 Å². The van der Waals surface area contributed by atoms with E-state index in [2.05, 4.69) is 20.9 Å². The molecule has 0 saturated heterocycles. The Bertz CT molecular complexity index is 906. The lowest BCUT2D eigenvalue weighted by atomic mass is 10.0. The van der Waals surface area contributed by atoms with E-state index in [9.17, 15) is 14.7 Å². The number of carbonyl (C=O) groups is 2. The molecule has 1 aliphatic heterocycles. The molecule has 9 nitrogen and oxygen atoms in total. The number of hydrogen-bond acceptors (Lipinski definition) is 6. The monoisotopic (exact) mass is 426 g/mol. The van der Waals surface area contributed by atoms with Crippen LogP contribution in [-0.2, 0) is 16.1 Å². The molecule has 3 amide bonds. The van der Waals surface area contributed by atoms with E-state index in [-0.39, 0.29) is 18.9 Å². The molecule has 0 saturated carbocycles. The van der Waals surface area contributed by atoms with E-state index in [4.69, 9.17) is 9.47 Å². The molecule has 1 aliphatic rings. The van der Waals surface area contributed by atoms with E-state index in [1.165, 1.54) is 0 Å². The molecule has 0 aliphatic carbocycles. The number of nitrogens with one attached hydrogen (secondary N) is 3. The molecule has 2 aromatic rings. The molecule has 0 bridgehead atoms. The zero-order valence-corrected chi connectivity index (χ0v) is 17.2. The highest BCUT2D eigenvalue weighted by Gasteiger charge is 2.29. The zero-order chi connectivity index (χ0) is 22.1. The smallest absolute Gasteiger partial charge is 0.319 e. The molecule has 2 heterocycles. The maximum Gasteiger partial charge on any atom is 0.319 e. The lowest BCUT2D eigenvalue weighted by molar-refractivity contribution is -0.125. The van der Waals surface area contributed by atoms with Gasteiger partial charge in [0.2, 0.25) is 5.91 Å². The summed E-state index contributed by atoms with van der Waals surface area (Å²) in [7, 11) is 1.55. The van der Waals surface area contributed by atoms with Gasteiger partial charge in [0.05, 0.1) is 44.5 Å². The number of aliphatic hydroxyl groups excluding tert-OH is 1. The minimum absolute atomic E-state index is 0.0998. The largest absolute Gasteiger partial charge is 0.497 e. The standard InChI is InChI=1S/C22H26N4O5/c1-30-17-7-4-6-15(11-17)25-22(29)26-19-9-8-18(31-20(19)14-27)12-21(28)24-13-16-5-2-3-10-23-16/h2-11,18-20,27H,12-14H2,1H3,(H,24,28)(H2,25,26,29)/t18-,19+,20+/m1/s1. The summed E-state index contributed by atoms with van der Waals surface area (Å²) in [6.45, 7) is 0.0225. The van der Waals surface area contributed by atoms with Gasteiger partial charge >= 0.3 is 6.03 Å². The lowest BCUT2D eigenvalue weighted by Crippen LogP contribution is -2.50. The molecule has 3 atom stereocenters. The van der Waals surface area contributed by atoms with Crippen LogP contribution in [0.4, 0.5) is 10.5 Å². The molecule has 164 valence electrons. The summed E-state index contributed by atoms with van der Waals surface area (Å²) in [5, 5.41) is 17.9. The van der Waals surface area contributed by atoms with Gasteiger partial charge in [-0.1, -0.05) is 24.3 Å². The maximum absolute atomic E-state index is 12.3. The molecule has 1 aromatic heterocycles. The summed E-state index contributed by atoms with van der Waals surface area (Å²) in [5.74, 6) is 0.426. The molecule has 0 fully saturated rings. The quantitative estimate of drug-likeness (QED) is 0.476. The number of aliphatic hydroxyl groups is 1. The molecule has 1 aromatic carbocycles. The van der Waals surface area contributed by atoms with Crippen LogP contribution < -0.4 is 20.7 Å². The minimum atomic E-state index is -0.672. The number of anilines is 1. The fraction of sp³-hybridized carbons (Fsp3) is 0.318. The molecular weight excluding hydrogens is 400 g/mol. The first kappa shape index (κ1) is 22.3. The zero-order valence-electron chi connectivity index (χ0n) is 17.2. The summed E-state index contributed by atoms with van der Waals surface area (Å²) < 4.78 is 10.9. The Morgan fingerprint density at radius 1 is 1.19 bits per heavy atom. The molecule has 9 heteroatoms. The maximum atomic E-state index is 12.3. The normalized spacial score (nSPS) is 20.0. The van der Waals surface area contributed by atoms with Crippen LogP contribution in [0.15, 0.2) is 60.8 Å². The Hall–Kier alpha value is -3.43. The molecule has 4 N–H and O–H groups in total. The van der Waals surface area contributed by atoms with E-state index < -0.39 is 24.3 Å². The Balaban J connectivity index is 1.49. The van der Waals surface area contributed by atoms with E-state index in [1.807, 2.05) is 18.2 Å². The third-order valence-electron chi connectivity index (χ3n) is 4.67. The van der Waals surface area contributed by atoms with Crippen molar-refractivity contribution < 1.29 is 24.2 Å². The van der Waals surface area contributed by atoms with Crippen LogP contribution in [0.1, 0.15) is 12.1 Å². The first-order chi connectivity index (χ1) is 15.1. The summed E-state index contributed by atoms with van der Waals surface area (Å²) in [6.07, 6.45) is 4.03. The topological polar surface area (TPSA) is 122 Å². The van der Waals surface area contributed by atoms with Gasteiger partial charge in [-0.25, -0.2) is 4.79 Å². The number of aromatic nitrogens is 1. The van der Waals surface area contributed by atoms with Gasteiger partial charge in [-0.15, -0.1) is 0 Å². The predicted molar refractivity (Wildman–Crippen MR) is 115 cm³/mol. The molecule has 0 radical (unpaired) electrons. The number of urea groups is 1. The lowest BCUT2D eigenvalue weighted by Gasteiger charge is -2.31. The number of pyridine rings is 1. The summed E-state index contributed by atoms with van der Waals surface area (Å²) in [5.41, 5.74) is 1.33. The summed E-state index contributed by atoms with van der Waals surface area (Å²) >= 11 is 0. The average Bonchev–Trinajstić information content (AvgIpc) is 2.79. The van der Waals surface area contributed by atoms with E-state index in [0.717, 1.165) is 5.69 Å². The van der Waals surface area contributed by atoms with Gasteiger partial charge in [0.25, 0.3) is 0 Å². The predicted octanol–water partition coefficient (Wildman–Crippen LogP) is 1.60. The van der Waals surface area contributed by atoms with Crippen LogP contribution >= 0.6 is 0 Å². The van der Waals surface area contributed by atoms with Crippen molar-refractivity contribution in [1.82, 2.24) is 15.6 Å². The summed E-state index contributed by atoms with van der Waals surface area (Å²) in [4.78, 5) is 28.7. The van der Waals surface area contributed by atoms with Crippen LogP contribution in [0.3, 0.4) is 0 Å². The second kappa shape index (κ2) is 11.1. The van der Waals surface area contributed by atoms with Crippen molar-refractivity contribution >= 4 is 17.6 Å². The van der Waals surface area contributed by atoms with Gasteiger partial charge in [-0.3, -0.25) is 9.78 Å². The van der Waals surface area contributed by atoms with Crippen LogP contribution in [-0.4, -0.2) is 54.0 Å².